The van der Waals surface area contributed by atoms with Gasteiger partial charge in [-0.1, -0.05) is 31.9 Å². The largest absolute Gasteiger partial charge is 0.291 e. The van der Waals surface area contributed by atoms with E-state index in [4.69, 9.17) is 10.4 Å². The van der Waals surface area contributed by atoms with E-state index >= 15 is 0 Å². The Hall–Kier alpha value is -1.41. The first-order chi connectivity index (χ1) is 9.93. The number of benzene rings is 2. The SMILES string of the molecule is CC(=O)N(O)c1ccc(Br)cc1.ONc1ccc(Br)cc1. The summed E-state index contributed by atoms with van der Waals surface area (Å²) in [5.74, 6) is -0.405. The molecule has 0 unspecified atom stereocenters. The van der Waals surface area contributed by atoms with E-state index in [9.17, 15) is 4.79 Å². The number of hydrogen-bond acceptors (Lipinski definition) is 4. The minimum atomic E-state index is -0.405. The van der Waals surface area contributed by atoms with Gasteiger partial charge < -0.3 is 0 Å². The number of hydroxylamine groups is 1. The molecule has 0 saturated heterocycles. The van der Waals surface area contributed by atoms with Gasteiger partial charge in [-0.3, -0.25) is 20.7 Å². The average molecular weight is 418 g/mol. The third-order valence-corrected chi connectivity index (χ3v) is 3.40. The number of carbonyl (C=O) groups excluding carboxylic acids is 1. The minimum absolute atomic E-state index is 0.405. The molecule has 3 N–H and O–H groups in total. The lowest BCUT2D eigenvalue weighted by molar-refractivity contribution is -0.121. The fourth-order valence-corrected chi connectivity index (χ4v) is 1.82. The monoisotopic (exact) mass is 416 g/mol. The summed E-state index contributed by atoms with van der Waals surface area (Å²) >= 11 is 6.51. The first kappa shape index (κ1) is 17.6. The van der Waals surface area contributed by atoms with Crippen LogP contribution in [0.3, 0.4) is 0 Å². The highest BCUT2D eigenvalue weighted by Gasteiger charge is 2.06. The molecule has 7 heteroatoms. The third kappa shape index (κ3) is 6.26. The van der Waals surface area contributed by atoms with Crippen molar-refractivity contribution in [2.75, 3.05) is 10.5 Å². The summed E-state index contributed by atoms with van der Waals surface area (Å²) in [5, 5.41) is 18.1. The highest BCUT2D eigenvalue weighted by Crippen LogP contribution is 2.16. The zero-order valence-corrected chi connectivity index (χ0v) is 14.3. The maximum atomic E-state index is 10.7. The van der Waals surface area contributed by atoms with E-state index in [-0.39, 0.29) is 0 Å². The summed E-state index contributed by atoms with van der Waals surface area (Å²) in [6.45, 7) is 1.29. The number of amides is 1. The zero-order valence-electron chi connectivity index (χ0n) is 11.1. The Bertz CT molecular complexity index is 574. The lowest BCUT2D eigenvalue weighted by Gasteiger charge is -2.11. The summed E-state index contributed by atoms with van der Waals surface area (Å²) in [6, 6.07) is 14.0. The van der Waals surface area contributed by atoms with Gasteiger partial charge in [0, 0.05) is 15.9 Å². The Balaban J connectivity index is 0.000000219. The van der Waals surface area contributed by atoms with E-state index in [0.29, 0.717) is 16.4 Å². The molecule has 2 aromatic rings. The number of rotatable bonds is 2. The van der Waals surface area contributed by atoms with Gasteiger partial charge in [-0.15, -0.1) is 0 Å². The van der Waals surface area contributed by atoms with Crippen molar-refractivity contribution in [3.05, 3.63) is 57.5 Å². The van der Waals surface area contributed by atoms with Crippen LogP contribution >= 0.6 is 31.9 Å². The van der Waals surface area contributed by atoms with Gasteiger partial charge in [-0.2, -0.15) is 5.06 Å². The Morgan fingerprint density at radius 2 is 1.43 bits per heavy atom. The normalized spacial score (nSPS) is 9.38. The van der Waals surface area contributed by atoms with Crippen LogP contribution in [0.2, 0.25) is 0 Å². The predicted molar refractivity (Wildman–Crippen MR) is 88.6 cm³/mol. The van der Waals surface area contributed by atoms with E-state index in [0.717, 1.165) is 8.95 Å². The molecular weight excluding hydrogens is 404 g/mol. The first-order valence-corrected chi connectivity index (χ1v) is 7.43. The second kappa shape index (κ2) is 8.78. The Labute approximate surface area is 139 Å². The second-order valence-electron chi connectivity index (χ2n) is 3.93. The van der Waals surface area contributed by atoms with E-state index < -0.39 is 5.91 Å². The molecule has 0 aromatic heterocycles. The van der Waals surface area contributed by atoms with E-state index in [1.807, 2.05) is 17.6 Å². The van der Waals surface area contributed by atoms with Crippen LogP contribution in [0, 0.1) is 0 Å². The second-order valence-corrected chi connectivity index (χ2v) is 5.76. The molecule has 2 aromatic carbocycles. The highest BCUT2D eigenvalue weighted by molar-refractivity contribution is 9.10. The molecule has 0 saturated carbocycles. The van der Waals surface area contributed by atoms with Crippen molar-refractivity contribution in [2.45, 2.75) is 6.92 Å². The summed E-state index contributed by atoms with van der Waals surface area (Å²) in [7, 11) is 0. The summed E-state index contributed by atoms with van der Waals surface area (Å²) < 4.78 is 1.91. The van der Waals surface area contributed by atoms with Gasteiger partial charge in [0.05, 0.1) is 11.4 Å². The molecule has 0 radical (unpaired) electrons. The maximum absolute atomic E-state index is 10.7. The Morgan fingerprint density at radius 1 is 1.00 bits per heavy atom. The lowest BCUT2D eigenvalue weighted by atomic mass is 10.3. The maximum Gasteiger partial charge on any atom is 0.247 e. The van der Waals surface area contributed by atoms with Crippen molar-refractivity contribution in [2.24, 2.45) is 0 Å². The quantitative estimate of drug-likeness (QED) is 0.498. The molecule has 0 spiro atoms. The standard InChI is InChI=1S/C8H8BrNO2.C6H6BrNO/c1-6(11)10(12)8-4-2-7(9)3-5-8;7-5-1-3-6(8-9)4-2-5/h2-5,12H,1H3;1-4,8-9H. The molecular formula is C14H14Br2N2O3. The van der Waals surface area contributed by atoms with Gasteiger partial charge in [0.25, 0.3) is 0 Å². The molecule has 0 aliphatic heterocycles. The molecule has 0 heterocycles. The van der Waals surface area contributed by atoms with Gasteiger partial charge in [-0.25, -0.2) is 0 Å². The fourth-order valence-electron chi connectivity index (χ4n) is 1.29. The van der Waals surface area contributed by atoms with Crippen molar-refractivity contribution >= 4 is 49.1 Å². The van der Waals surface area contributed by atoms with Crippen molar-refractivity contribution in [3.63, 3.8) is 0 Å². The van der Waals surface area contributed by atoms with Crippen LogP contribution in [-0.4, -0.2) is 16.3 Å². The summed E-state index contributed by atoms with van der Waals surface area (Å²) in [5.41, 5.74) is 3.19. The van der Waals surface area contributed by atoms with Crippen LogP contribution in [0.5, 0.6) is 0 Å². The lowest BCUT2D eigenvalue weighted by Crippen LogP contribution is -2.23. The van der Waals surface area contributed by atoms with Crippen molar-refractivity contribution in [1.29, 1.82) is 0 Å². The predicted octanol–water partition coefficient (Wildman–Crippen LogP) is 4.44. The Morgan fingerprint density at radius 3 is 1.81 bits per heavy atom. The van der Waals surface area contributed by atoms with E-state index in [1.165, 1.54) is 6.92 Å². The molecule has 5 nitrogen and oxygen atoms in total. The molecule has 0 aliphatic rings. The van der Waals surface area contributed by atoms with Gasteiger partial charge in [-0.05, 0) is 48.5 Å². The van der Waals surface area contributed by atoms with Crippen molar-refractivity contribution < 1.29 is 15.2 Å². The van der Waals surface area contributed by atoms with Gasteiger partial charge in [0.15, 0.2) is 0 Å². The van der Waals surface area contributed by atoms with E-state index in [2.05, 4.69) is 31.9 Å². The topological polar surface area (TPSA) is 72.8 Å². The van der Waals surface area contributed by atoms with Gasteiger partial charge >= 0.3 is 0 Å². The molecule has 0 fully saturated rings. The van der Waals surface area contributed by atoms with Crippen LogP contribution in [-0.2, 0) is 4.79 Å². The van der Waals surface area contributed by atoms with E-state index in [1.54, 1.807) is 36.4 Å². The minimum Gasteiger partial charge on any atom is -0.291 e. The van der Waals surface area contributed by atoms with Crippen LogP contribution in [0.1, 0.15) is 6.92 Å². The van der Waals surface area contributed by atoms with Gasteiger partial charge in [0.1, 0.15) is 0 Å². The summed E-state index contributed by atoms with van der Waals surface area (Å²) in [4.78, 5) is 10.7. The number of nitrogens with zero attached hydrogens (tertiary/aromatic N) is 1. The number of anilines is 2. The molecule has 112 valence electrons. The van der Waals surface area contributed by atoms with Crippen LogP contribution in [0.4, 0.5) is 11.4 Å². The smallest absolute Gasteiger partial charge is 0.247 e. The fraction of sp³-hybridized carbons (Fsp3) is 0.0714. The zero-order chi connectivity index (χ0) is 15.8. The highest BCUT2D eigenvalue weighted by atomic mass is 79.9. The third-order valence-electron chi connectivity index (χ3n) is 2.34. The van der Waals surface area contributed by atoms with Crippen LogP contribution < -0.4 is 10.5 Å². The molecule has 2 rings (SSSR count). The van der Waals surface area contributed by atoms with Crippen LogP contribution in [0.15, 0.2) is 57.5 Å². The Kier molecular flexibility index (Phi) is 7.38. The van der Waals surface area contributed by atoms with Crippen molar-refractivity contribution in [3.8, 4) is 0 Å². The molecule has 21 heavy (non-hydrogen) atoms. The summed E-state index contributed by atoms with van der Waals surface area (Å²) in [6.07, 6.45) is 0. The molecule has 0 aliphatic carbocycles. The average Bonchev–Trinajstić information content (AvgIpc) is 2.49. The number of hydrogen-bond donors (Lipinski definition) is 3. The van der Waals surface area contributed by atoms with Gasteiger partial charge in [0.2, 0.25) is 5.91 Å². The van der Waals surface area contributed by atoms with Crippen LogP contribution in [0.25, 0.3) is 0 Å². The molecule has 0 atom stereocenters. The number of halogens is 2. The first-order valence-electron chi connectivity index (χ1n) is 5.85. The number of carbonyl (C=O) groups is 1. The number of nitrogens with one attached hydrogen (secondary N) is 1. The molecule has 0 bridgehead atoms. The van der Waals surface area contributed by atoms with Crippen molar-refractivity contribution in [1.82, 2.24) is 0 Å². The molecule has 1 amide bonds.